The molecule has 7 heteroatoms. The molecule has 0 radical (unpaired) electrons. The van der Waals surface area contributed by atoms with Gasteiger partial charge in [0.2, 0.25) is 0 Å². The van der Waals surface area contributed by atoms with Gasteiger partial charge in [0, 0.05) is 57.4 Å². The van der Waals surface area contributed by atoms with Gasteiger partial charge in [0.25, 0.3) is 0 Å². The number of aliphatic carboxylic acids is 1. The van der Waals surface area contributed by atoms with E-state index in [9.17, 15) is 9.90 Å². The highest BCUT2D eigenvalue weighted by molar-refractivity contribution is 5.76. The average molecular weight is 445 g/mol. The van der Waals surface area contributed by atoms with E-state index in [4.69, 9.17) is 4.74 Å². The summed E-state index contributed by atoms with van der Waals surface area (Å²) in [7, 11) is 2.09. The quantitative estimate of drug-likeness (QED) is 0.659. The van der Waals surface area contributed by atoms with Crippen molar-refractivity contribution in [3.8, 4) is 5.75 Å². The molecule has 0 spiro atoms. The van der Waals surface area contributed by atoms with Crippen LogP contribution in [0.25, 0.3) is 0 Å². The number of rotatable bonds is 8. The van der Waals surface area contributed by atoms with Crippen molar-refractivity contribution in [2.24, 2.45) is 5.41 Å². The monoisotopic (exact) mass is 444 g/mol. The lowest BCUT2D eigenvalue weighted by molar-refractivity contribution is -0.162. The third-order valence-electron chi connectivity index (χ3n) is 7.98. The van der Waals surface area contributed by atoms with Crippen LogP contribution in [-0.4, -0.2) is 109 Å². The van der Waals surface area contributed by atoms with Crippen molar-refractivity contribution in [2.45, 2.75) is 38.8 Å². The molecule has 0 unspecified atom stereocenters. The van der Waals surface area contributed by atoms with Crippen molar-refractivity contribution in [3.05, 3.63) is 29.8 Å². The van der Waals surface area contributed by atoms with Crippen LogP contribution in [0.1, 0.15) is 31.7 Å². The number of hydrogen-bond donors (Lipinski definition) is 1. The van der Waals surface area contributed by atoms with Crippen LogP contribution >= 0.6 is 0 Å². The Balaban J connectivity index is 1.33. The molecular weight excluding hydrogens is 404 g/mol. The van der Waals surface area contributed by atoms with Gasteiger partial charge in [-0.1, -0.05) is 25.1 Å². The van der Waals surface area contributed by atoms with E-state index in [2.05, 4.69) is 51.8 Å². The molecule has 1 aromatic rings. The number of benzene rings is 1. The molecule has 178 valence electrons. The molecule has 3 saturated heterocycles. The maximum absolute atomic E-state index is 12.2. The van der Waals surface area contributed by atoms with Crippen molar-refractivity contribution < 1.29 is 14.6 Å². The largest absolute Gasteiger partial charge is 0.492 e. The van der Waals surface area contributed by atoms with E-state index in [1.165, 1.54) is 5.56 Å². The summed E-state index contributed by atoms with van der Waals surface area (Å²) in [5.74, 6) is 0.351. The van der Waals surface area contributed by atoms with Crippen molar-refractivity contribution in [3.63, 3.8) is 0 Å². The molecular formula is C25H40N4O3. The normalized spacial score (nSPS) is 28.4. The fourth-order valence-electron chi connectivity index (χ4n) is 5.82. The highest BCUT2D eigenvalue weighted by Gasteiger charge is 2.52. The fourth-order valence-corrected chi connectivity index (χ4v) is 5.82. The molecule has 0 bridgehead atoms. The SMILES string of the molecule is CCN1CCN(CCOc2ccccc2CN2CC[C@@]3(C(=O)O)CCCN(C)[C@@H]3C2)CC1. The number of para-hydroxylation sites is 1. The first-order valence-electron chi connectivity index (χ1n) is 12.3. The topological polar surface area (TPSA) is 59.5 Å². The highest BCUT2D eigenvalue weighted by Crippen LogP contribution is 2.42. The van der Waals surface area contributed by atoms with E-state index < -0.39 is 11.4 Å². The number of carbonyl (C=O) groups is 1. The number of carboxylic acids is 1. The number of carboxylic acid groups (broad SMARTS) is 1. The van der Waals surface area contributed by atoms with Gasteiger partial charge in [0.15, 0.2) is 0 Å². The molecule has 3 fully saturated rings. The molecule has 0 saturated carbocycles. The summed E-state index contributed by atoms with van der Waals surface area (Å²) in [6, 6.07) is 8.42. The molecule has 0 aliphatic carbocycles. The van der Waals surface area contributed by atoms with Crippen LogP contribution in [0, 0.1) is 5.41 Å². The maximum Gasteiger partial charge on any atom is 0.311 e. The third-order valence-corrected chi connectivity index (χ3v) is 7.98. The van der Waals surface area contributed by atoms with Gasteiger partial charge in [-0.25, -0.2) is 0 Å². The van der Waals surface area contributed by atoms with Gasteiger partial charge in [-0.3, -0.25) is 14.6 Å². The van der Waals surface area contributed by atoms with Gasteiger partial charge in [0.1, 0.15) is 12.4 Å². The zero-order valence-electron chi connectivity index (χ0n) is 19.8. The van der Waals surface area contributed by atoms with Gasteiger partial charge in [-0.15, -0.1) is 0 Å². The number of ether oxygens (including phenoxy) is 1. The van der Waals surface area contributed by atoms with Gasteiger partial charge in [-0.2, -0.15) is 0 Å². The first kappa shape index (κ1) is 23.5. The highest BCUT2D eigenvalue weighted by atomic mass is 16.5. The smallest absolute Gasteiger partial charge is 0.311 e. The number of piperidine rings is 2. The molecule has 32 heavy (non-hydrogen) atoms. The van der Waals surface area contributed by atoms with Gasteiger partial charge < -0.3 is 19.6 Å². The van der Waals surface area contributed by atoms with Crippen LogP contribution in [0.3, 0.4) is 0 Å². The Morgan fingerprint density at radius 2 is 1.81 bits per heavy atom. The number of likely N-dealkylation sites (N-methyl/N-ethyl adjacent to an activating group) is 2. The predicted octanol–water partition coefficient (Wildman–Crippen LogP) is 2.07. The van der Waals surface area contributed by atoms with E-state index in [0.717, 1.165) is 90.5 Å². The van der Waals surface area contributed by atoms with Gasteiger partial charge >= 0.3 is 5.97 Å². The lowest BCUT2D eigenvalue weighted by Gasteiger charge is -2.51. The lowest BCUT2D eigenvalue weighted by Crippen LogP contribution is -2.62. The van der Waals surface area contributed by atoms with E-state index in [1.807, 2.05) is 6.07 Å². The minimum Gasteiger partial charge on any atom is -0.492 e. The molecule has 0 amide bonds. The molecule has 3 aliphatic heterocycles. The predicted molar refractivity (Wildman–Crippen MR) is 126 cm³/mol. The van der Waals surface area contributed by atoms with E-state index in [0.29, 0.717) is 6.61 Å². The Kier molecular flexibility index (Phi) is 7.71. The standard InChI is InChI=1S/C25H40N4O3/c1-3-27-13-15-28(16-14-27)17-18-32-22-8-5-4-7-21(22)19-29-12-10-25(24(30)31)9-6-11-26(2)23(25)20-29/h4-5,7-8,23H,3,6,9-20H2,1-2H3,(H,30,31)/t23-,25+/m1/s1. The Morgan fingerprint density at radius 1 is 1.06 bits per heavy atom. The summed E-state index contributed by atoms with van der Waals surface area (Å²) in [5.41, 5.74) is 0.617. The molecule has 1 aromatic carbocycles. The molecule has 4 rings (SSSR count). The summed E-state index contributed by atoms with van der Waals surface area (Å²) in [6.45, 7) is 13.0. The second-order valence-corrected chi connectivity index (χ2v) is 9.78. The molecule has 0 aromatic heterocycles. The number of likely N-dealkylation sites (tertiary alicyclic amines) is 2. The summed E-state index contributed by atoms with van der Waals surface area (Å²) >= 11 is 0. The minimum atomic E-state index is -0.614. The molecule has 3 aliphatic rings. The third kappa shape index (κ3) is 5.11. The summed E-state index contributed by atoms with van der Waals surface area (Å²) in [6.07, 6.45) is 2.50. The first-order valence-corrected chi connectivity index (χ1v) is 12.3. The van der Waals surface area contributed by atoms with Crippen molar-refractivity contribution in [2.75, 3.05) is 72.6 Å². The molecule has 3 heterocycles. The summed E-state index contributed by atoms with van der Waals surface area (Å²) < 4.78 is 6.23. The Morgan fingerprint density at radius 3 is 2.56 bits per heavy atom. The van der Waals surface area contributed by atoms with Crippen molar-refractivity contribution in [1.29, 1.82) is 0 Å². The summed E-state index contributed by atoms with van der Waals surface area (Å²) in [4.78, 5) is 21.9. The van der Waals surface area contributed by atoms with Gasteiger partial charge in [0.05, 0.1) is 5.41 Å². The van der Waals surface area contributed by atoms with Crippen LogP contribution < -0.4 is 4.74 Å². The lowest BCUT2D eigenvalue weighted by atomic mass is 9.68. The second kappa shape index (κ2) is 10.5. The number of fused-ring (bicyclic) bond motifs is 1. The van der Waals surface area contributed by atoms with Crippen molar-refractivity contribution >= 4 is 5.97 Å². The van der Waals surface area contributed by atoms with E-state index in [-0.39, 0.29) is 6.04 Å². The second-order valence-electron chi connectivity index (χ2n) is 9.78. The Labute approximate surface area is 192 Å². The average Bonchev–Trinajstić information content (AvgIpc) is 2.81. The van der Waals surface area contributed by atoms with E-state index >= 15 is 0 Å². The molecule has 1 N–H and O–H groups in total. The van der Waals surface area contributed by atoms with Crippen LogP contribution in [0.4, 0.5) is 0 Å². The zero-order chi connectivity index (χ0) is 22.6. The van der Waals surface area contributed by atoms with Gasteiger partial charge in [-0.05, 0) is 52.0 Å². The number of hydrogen-bond acceptors (Lipinski definition) is 6. The summed E-state index contributed by atoms with van der Waals surface area (Å²) in [5, 5.41) is 10.0. The van der Waals surface area contributed by atoms with Crippen molar-refractivity contribution in [1.82, 2.24) is 19.6 Å². The molecule has 2 atom stereocenters. The zero-order valence-corrected chi connectivity index (χ0v) is 19.8. The minimum absolute atomic E-state index is 0.0809. The Bertz CT molecular complexity index is 767. The van der Waals surface area contributed by atoms with Crippen LogP contribution in [0.2, 0.25) is 0 Å². The Hall–Kier alpha value is -1.67. The number of nitrogens with zero attached hydrogens (tertiary/aromatic N) is 4. The van der Waals surface area contributed by atoms with Crippen LogP contribution in [-0.2, 0) is 11.3 Å². The van der Waals surface area contributed by atoms with E-state index in [1.54, 1.807) is 0 Å². The number of piperazine rings is 1. The first-order chi connectivity index (χ1) is 15.5. The fraction of sp³-hybridized carbons (Fsp3) is 0.720. The maximum atomic E-state index is 12.2. The van der Waals surface area contributed by atoms with Crippen LogP contribution in [0.5, 0.6) is 5.75 Å². The molecule has 7 nitrogen and oxygen atoms in total. The van der Waals surface area contributed by atoms with Crippen LogP contribution in [0.15, 0.2) is 24.3 Å².